The first-order valence-electron chi connectivity index (χ1n) is 7.33. The lowest BCUT2D eigenvalue weighted by atomic mass is 10.1. The summed E-state index contributed by atoms with van der Waals surface area (Å²) >= 11 is 0. The minimum absolute atomic E-state index is 0.0567. The number of aromatic nitrogens is 2. The maximum absolute atomic E-state index is 12.4. The van der Waals surface area contributed by atoms with Crippen LogP contribution in [0.3, 0.4) is 0 Å². The standard InChI is InChI=1S/C16H20N4O/c17-15-6-8-19(9-7-15)16(21)14-10-18-20(12-14)11-13-4-2-1-3-5-13/h1-5,10,12,15H,6-9,11,17H2. The molecule has 110 valence electrons. The first-order chi connectivity index (χ1) is 10.2. The Morgan fingerprint density at radius 2 is 1.95 bits per heavy atom. The molecular weight excluding hydrogens is 264 g/mol. The third-order valence-corrected chi connectivity index (χ3v) is 3.89. The molecule has 5 nitrogen and oxygen atoms in total. The van der Waals surface area contributed by atoms with Crippen LogP contribution in [0, 0.1) is 0 Å². The Balaban J connectivity index is 1.66. The molecule has 0 aliphatic carbocycles. The zero-order valence-corrected chi connectivity index (χ0v) is 12.0. The number of likely N-dealkylation sites (tertiary alicyclic amines) is 1. The van der Waals surface area contributed by atoms with Crippen molar-refractivity contribution in [2.75, 3.05) is 13.1 Å². The first kappa shape index (κ1) is 13.8. The minimum atomic E-state index is 0.0567. The second kappa shape index (κ2) is 6.10. The lowest BCUT2D eigenvalue weighted by molar-refractivity contribution is 0.0714. The van der Waals surface area contributed by atoms with Gasteiger partial charge >= 0.3 is 0 Å². The number of hydrogen-bond donors (Lipinski definition) is 1. The van der Waals surface area contributed by atoms with E-state index in [4.69, 9.17) is 5.73 Å². The van der Waals surface area contributed by atoms with Gasteiger partial charge in [0.15, 0.2) is 0 Å². The second-order valence-corrected chi connectivity index (χ2v) is 5.54. The number of nitrogens with zero attached hydrogens (tertiary/aromatic N) is 3. The zero-order valence-electron chi connectivity index (χ0n) is 12.0. The number of carbonyl (C=O) groups is 1. The van der Waals surface area contributed by atoms with Crippen molar-refractivity contribution in [3.63, 3.8) is 0 Å². The van der Waals surface area contributed by atoms with Gasteiger partial charge in [0, 0.05) is 25.3 Å². The fourth-order valence-electron chi connectivity index (χ4n) is 2.62. The molecule has 3 rings (SSSR count). The summed E-state index contributed by atoms with van der Waals surface area (Å²) in [4.78, 5) is 14.3. The SMILES string of the molecule is NC1CCN(C(=O)c2cnn(Cc3ccccc3)c2)CC1. The molecule has 1 aliphatic heterocycles. The highest BCUT2D eigenvalue weighted by molar-refractivity contribution is 5.93. The van der Waals surface area contributed by atoms with E-state index in [1.54, 1.807) is 10.9 Å². The van der Waals surface area contributed by atoms with Crippen molar-refractivity contribution in [2.45, 2.75) is 25.4 Å². The molecule has 1 amide bonds. The molecule has 1 aliphatic rings. The number of nitrogens with two attached hydrogens (primary N) is 1. The van der Waals surface area contributed by atoms with Gasteiger partial charge in [-0.25, -0.2) is 0 Å². The average molecular weight is 284 g/mol. The van der Waals surface area contributed by atoms with Crippen LogP contribution in [-0.2, 0) is 6.54 Å². The molecule has 0 saturated carbocycles. The van der Waals surface area contributed by atoms with Crippen molar-refractivity contribution < 1.29 is 4.79 Å². The maximum atomic E-state index is 12.4. The normalized spacial score (nSPS) is 16.1. The van der Waals surface area contributed by atoms with Crippen LogP contribution in [0.4, 0.5) is 0 Å². The summed E-state index contributed by atoms with van der Waals surface area (Å²) in [6.07, 6.45) is 5.23. The summed E-state index contributed by atoms with van der Waals surface area (Å²) < 4.78 is 1.80. The number of hydrogen-bond acceptors (Lipinski definition) is 3. The minimum Gasteiger partial charge on any atom is -0.338 e. The number of carbonyl (C=O) groups excluding carboxylic acids is 1. The van der Waals surface area contributed by atoms with Gasteiger partial charge in [0.25, 0.3) is 5.91 Å². The lowest BCUT2D eigenvalue weighted by Gasteiger charge is -2.29. The second-order valence-electron chi connectivity index (χ2n) is 5.54. The van der Waals surface area contributed by atoms with E-state index in [-0.39, 0.29) is 11.9 Å². The van der Waals surface area contributed by atoms with Crippen LogP contribution in [0.15, 0.2) is 42.7 Å². The van der Waals surface area contributed by atoms with Gasteiger partial charge in [0.2, 0.25) is 0 Å². The summed E-state index contributed by atoms with van der Waals surface area (Å²) in [6.45, 7) is 2.16. The predicted molar refractivity (Wildman–Crippen MR) is 80.9 cm³/mol. The molecule has 0 unspecified atom stereocenters. The van der Waals surface area contributed by atoms with Crippen molar-refractivity contribution >= 4 is 5.91 Å². The maximum Gasteiger partial charge on any atom is 0.257 e. The Morgan fingerprint density at radius 3 is 2.67 bits per heavy atom. The molecule has 0 bridgehead atoms. The van der Waals surface area contributed by atoms with E-state index < -0.39 is 0 Å². The van der Waals surface area contributed by atoms with Crippen LogP contribution in [-0.4, -0.2) is 39.7 Å². The van der Waals surface area contributed by atoms with Crippen LogP contribution < -0.4 is 5.73 Å². The molecule has 0 spiro atoms. The molecule has 2 aromatic rings. The van der Waals surface area contributed by atoms with Crippen molar-refractivity contribution in [3.8, 4) is 0 Å². The van der Waals surface area contributed by atoms with Crippen molar-refractivity contribution in [3.05, 3.63) is 53.9 Å². The van der Waals surface area contributed by atoms with E-state index in [2.05, 4.69) is 17.2 Å². The van der Waals surface area contributed by atoms with Crippen molar-refractivity contribution in [1.82, 2.24) is 14.7 Å². The summed E-state index contributed by atoms with van der Waals surface area (Å²) in [7, 11) is 0. The molecule has 21 heavy (non-hydrogen) atoms. The molecular formula is C16H20N4O. The highest BCUT2D eigenvalue weighted by Gasteiger charge is 2.22. The number of rotatable bonds is 3. The molecule has 2 N–H and O–H groups in total. The monoisotopic (exact) mass is 284 g/mol. The summed E-state index contributed by atoms with van der Waals surface area (Å²) in [5.74, 6) is 0.0567. The molecule has 0 radical (unpaired) electrons. The summed E-state index contributed by atoms with van der Waals surface area (Å²) in [5, 5.41) is 4.29. The molecule has 1 aromatic carbocycles. The van der Waals surface area contributed by atoms with Crippen molar-refractivity contribution in [2.24, 2.45) is 5.73 Å². The number of benzene rings is 1. The van der Waals surface area contributed by atoms with E-state index in [0.29, 0.717) is 12.1 Å². The third-order valence-electron chi connectivity index (χ3n) is 3.89. The largest absolute Gasteiger partial charge is 0.338 e. The molecule has 2 heterocycles. The number of piperidine rings is 1. The Morgan fingerprint density at radius 1 is 1.24 bits per heavy atom. The van der Waals surface area contributed by atoms with Gasteiger partial charge in [-0.2, -0.15) is 5.10 Å². The predicted octanol–water partition coefficient (Wildman–Crippen LogP) is 1.49. The van der Waals surface area contributed by atoms with Crippen LogP contribution in [0.25, 0.3) is 0 Å². The van der Waals surface area contributed by atoms with Gasteiger partial charge in [-0.3, -0.25) is 9.48 Å². The molecule has 1 saturated heterocycles. The van der Waals surface area contributed by atoms with Gasteiger partial charge in [-0.05, 0) is 18.4 Å². The van der Waals surface area contributed by atoms with E-state index in [1.807, 2.05) is 29.3 Å². The van der Waals surface area contributed by atoms with E-state index in [0.717, 1.165) is 25.9 Å². The highest BCUT2D eigenvalue weighted by Crippen LogP contribution is 2.13. The van der Waals surface area contributed by atoms with Crippen LogP contribution in [0.1, 0.15) is 28.8 Å². The smallest absolute Gasteiger partial charge is 0.257 e. The Hall–Kier alpha value is -2.14. The average Bonchev–Trinajstić information content (AvgIpc) is 2.97. The number of amides is 1. The van der Waals surface area contributed by atoms with Gasteiger partial charge in [-0.1, -0.05) is 30.3 Å². The summed E-state index contributed by atoms with van der Waals surface area (Å²) in [5.41, 5.74) is 7.70. The zero-order chi connectivity index (χ0) is 14.7. The van der Waals surface area contributed by atoms with Crippen molar-refractivity contribution in [1.29, 1.82) is 0 Å². The molecule has 0 atom stereocenters. The van der Waals surface area contributed by atoms with Gasteiger partial charge < -0.3 is 10.6 Å². The van der Waals surface area contributed by atoms with E-state index in [9.17, 15) is 4.79 Å². The quantitative estimate of drug-likeness (QED) is 0.929. The third kappa shape index (κ3) is 3.31. The van der Waals surface area contributed by atoms with Gasteiger partial charge in [-0.15, -0.1) is 0 Å². The molecule has 1 fully saturated rings. The lowest BCUT2D eigenvalue weighted by Crippen LogP contribution is -2.42. The van der Waals surface area contributed by atoms with Gasteiger partial charge in [0.1, 0.15) is 0 Å². The highest BCUT2D eigenvalue weighted by atomic mass is 16.2. The topological polar surface area (TPSA) is 64.2 Å². The Labute approximate surface area is 124 Å². The fraction of sp³-hybridized carbons (Fsp3) is 0.375. The van der Waals surface area contributed by atoms with Crippen LogP contribution in [0.2, 0.25) is 0 Å². The Bertz CT molecular complexity index is 600. The summed E-state index contributed by atoms with van der Waals surface area (Å²) in [6, 6.07) is 10.3. The van der Waals surface area contributed by atoms with Crippen LogP contribution >= 0.6 is 0 Å². The molecule has 5 heteroatoms. The Kier molecular flexibility index (Phi) is 4.01. The van der Waals surface area contributed by atoms with Crippen LogP contribution in [0.5, 0.6) is 0 Å². The first-order valence-corrected chi connectivity index (χ1v) is 7.33. The van der Waals surface area contributed by atoms with Gasteiger partial charge in [0.05, 0.1) is 18.3 Å². The van der Waals surface area contributed by atoms with E-state index in [1.165, 1.54) is 5.56 Å². The van der Waals surface area contributed by atoms with E-state index >= 15 is 0 Å². The fourth-order valence-corrected chi connectivity index (χ4v) is 2.62. The molecule has 1 aromatic heterocycles.